The summed E-state index contributed by atoms with van der Waals surface area (Å²) in [5.41, 5.74) is 0. The quantitative estimate of drug-likeness (QED) is 0.495. The minimum absolute atomic E-state index is 0.360. The van der Waals surface area contributed by atoms with Crippen LogP contribution >= 0.6 is 0 Å². The Kier molecular flexibility index (Phi) is 10.6. The molecule has 0 aromatic carbocycles. The standard InChI is InChI=1S/C20H42O/c1-14(2)17(6)11-16(5)9-10-20(13-21)19(8)12-18(7)15(3)4/h14-21H,9-13H2,1-8H3. The predicted octanol–water partition coefficient (Wildman–Crippen LogP) is 6.01. The number of rotatable bonds is 11. The van der Waals surface area contributed by atoms with Crippen LogP contribution in [0.1, 0.15) is 81.1 Å². The van der Waals surface area contributed by atoms with Gasteiger partial charge in [0.1, 0.15) is 0 Å². The van der Waals surface area contributed by atoms with Gasteiger partial charge in [-0.1, -0.05) is 61.8 Å². The molecule has 0 heterocycles. The van der Waals surface area contributed by atoms with Gasteiger partial charge in [-0.2, -0.15) is 0 Å². The highest BCUT2D eigenvalue weighted by Gasteiger charge is 2.21. The molecule has 0 bridgehead atoms. The monoisotopic (exact) mass is 298 g/mol. The first-order valence-corrected chi connectivity index (χ1v) is 9.29. The fraction of sp³-hybridized carbons (Fsp3) is 1.00. The van der Waals surface area contributed by atoms with Crippen LogP contribution in [-0.2, 0) is 0 Å². The molecule has 0 aliphatic heterocycles. The van der Waals surface area contributed by atoms with Crippen LogP contribution in [0.2, 0.25) is 0 Å². The summed E-state index contributed by atoms with van der Waals surface area (Å²) in [6.45, 7) is 19.1. The molecule has 0 aromatic heterocycles. The topological polar surface area (TPSA) is 20.2 Å². The Balaban J connectivity index is 4.19. The lowest BCUT2D eigenvalue weighted by atomic mass is 9.79. The number of aliphatic hydroxyl groups excluding tert-OH is 1. The van der Waals surface area contributed by atoms with Gasteiger partial charge < -0.3 is 5.11 Å². The molecule has 0 saturated heterocycles. The van der Waals surface area contributed by atoms with Gasteiger partial charge in [-0.25, -0.2) is 0 Å². The van der Waals surface area contributed by atoms with Crippen molar-refractivity contribution in [1.29, 1.82) is 0 Å². The Hall–Kier alpha value is -0.0400. The number of hydrogen-bond acceptors (Lipinski definition) is 1. The highest BCUT2D eigenvalue weighted by Crippen LogP contribution is 2.30. The van der Waals surface area contributed by atoms with Crippen LogP contribution in [-0.4, -0.2) is 11.7 Å². The molecule has 0 aliphatic carbocycles. The van der Waals surface area contributed by atoms with Crippen molar-refractivity contribution >= 4 is 0 Å². The lowest BCUT2D eigenvalue weighted by Crippen LogP contribution is -2.21. The van der Waals surface area contributed by atoms with Crippen molar-refractivity contribution in [1.82, 2.24) is 0 Å². The molecule has 0 aromatic rings. The summed E-state index contributed by atoms with van der Waals surface area (Å²) in [6.07, 6.45) is 5.03. The van der Waals surface area contributed by atoms with Crippen molar-refractivity contribution in [2.45, 2.75) is 81.1 Å². The second-order valence-corrected chi connectivity index (χ2v) is 8.52. The highest BCUT2D eigenvalue weighted by atomic mass is 16.3. The number of hydrogen-bond donors (Lipinski definition) is 1. The maximum absolute atomic E-state index is 9.73. The third-order valence-corrected chi connectivity index (χ3v) is 5.86. The van der Waals surface area contributed by atoms with E-state index in [1.54, 1.807) is 0 Å². The normalized spacial score (nSPS) is 19.6. The summed E-state index contributed by atoms with van der Waals surface area (Å²) in [5, 5.41) is 9.73. The van der Waals surface area contributed by atoms with E-state index in [-0.39, 0.29) is 0 Å². The minimum Gasteiger partial charge on any atom is -0.396 e. The Morgan fingerprint density at radius 2 is 1.10 bits per heavy atom. The molecule has 0 amide bonds. The molecule has 0 fully saturated rings. The summed E-state index contributed by atoms with van der Waals surface area (Å²) in [5.74, 6) is 5.01. The zero-order chi connectivity index (χ0) is 16.6. The Bertz CT molecular complexity index is 246. The van der Waals surface area contributed by atoms with Crippen LogP contribution in [0, 0.1) is 41.4 Å². The van der Waals surface area contributed by atoms with Gasteiger partial charge in [-0.05, 0) is 60.7 Å². The molecule has 0 spiro atoms. The smallest absolute Gasteiger partial charge is 0.0461 e. The highest BCUT2D eigenvalue weighted by molar-refractivity contribution is 4.72. The van der Waals surface area contributed by atoms with Crippen LogP contribution in [0.4, 0.5) is 0 Å². The van der Waals surface area contributed by atoms with E-state index < -0.39 is 0 Å². The average molecular weight is 299 g/mol. The van der Waals surface area contributed by atoms with Gasteiger partial charge in [0, 0.05) is 6.61 Å². The third kappa shape index (κ3) is 8.86. The first-order valence-electron chi connectivity index (χ1n) is 9.29. The van der Waals surface area contributed by atoms with Gasteiger partial charge in [-0.3, -0.25) is 0 Å². The first kappa shape index (κ1) is 21.0. The van der Waals surface area contributed by atoms with E-state index in [9.17, 15) is 5.11 Å². The molecule has 5 atom stereocenters. The molecule has 128 valence electrons. The maximum atomic E-state index is 9.73. The molecular weight excluding hydrogens is 256 g/mol. The second-order valence-electron chi connectivity index (χ2n) is 8.52. The largest absolute Gasteiger partial charge is 0.396 e. The molecular formula is C20H42O. The predicted molar refractivity (Wildman–Crippen MR) is 95.4 cm³/mol. The lowest BCUT2D eigenvalue weighted by Gasteiger charge is -2.28. The van der Waals surface area contributed by atoms with Crippen LogP contribution in [0.5, 0.6) is 0 Å². The first-order chi connectivity index (χ1) is 9.68. The Morgan fingerprint density at radius 3 is 1.52 bits per heavy atom. The van der Waals surface area contributed by atoms with E-state index in [0.29, 0.717) is 18.4 Å². The Morgan fingerprint density at radius 1 is 0.619 bits per heavy atom. The molecule has 1 heteroatoms. The van der Waals surface area contributed by atoms with Crippen molar-refractivity contribution in [2.75, 3.05) is 6.61 Å². The van der Waals surface area contributed by atoms with E-state index >= 15 is 0 Å². The zero-order valence-electron chi connectivity index (χ0n) is 16.0. The zero-order valence-corrected chi connectivity index (χ0v) is 16.0. The van der Waals surface area contributed by atoms with Crippen LogP contribution in [0.15, 0.2) is 0 Å². The fourth-order valence-electron chi connectivity index (χ4n) is 3.13. The molecule has 0 rings (SSSR count). The molecule has 0 saturated carbocycles. The molecule has 1 N–H and O–H groups in total. The van der Waals surface area contributed by atoms with Crippen LogP contribution in [0.25, 0.3) is 0 Å². The average Bonchev–Trinajstić information content (AvgIpc) is 2.38. The third-order valence-electron chi connectivity index (χ3n) is 5.86. The summed E-state index contributed by atoms with van der Waals surface area (Å²) in [4.78, 5) is 0. The van der Waals surface area contributed by atoms with Gasteiger partial charge in [0.05, 0.1) is 0 Å². The van der Waals surface area contributed by atoms with E-state index in [1.165, 1.54) is 25.7 Å². The Labute approximate surface area is 134 Å². The van der Waals surface area contributed by atoms with Gasteiger partial charge in [-0.15, -0.1) is 0 Å². The van der Waals surface area contributed by atoms with Crippen molar-refractivity contribution < 1.29 is 5.11 Å². The van der Waals surface area contributed by atoms with Crippen molar-refractivity contribution in [3.05, 3.63) is 0 Å². The summed E-state index contributed by atoms with van der Waals surface area (Å²) in [6, 6.07) is 0. The summed E-state index contributed by atoms with van der Waals surface area (Å²) < 4.78 is 0. The van der Waals surface area contributed by atoms with Gasteiger partial charge in [0.15, 0.2) is 0 Å². The summed E-state index contributed by atoms with van der Waals surface area (Å²) in [7, 11) is 0. The molecule has 5 unspecified atom stereocenters. The maximum Gasteiger partial charge on any atom is 0.0461 e. The van der Waals surface area contributed by atoms with Gasteiger partial charge in [0.2, 0.25) is 0 Å². The van der Waals surface area contributed by atoms with E-state index in [0.717, 1.165) is 29.6 Å². The second kappa shape index (κ2) is 10.6. The SMILES string of the molecule is CC(CCC(CO)C(C)CC(C)C(C)C)CC(C)C(C)C. The van der Waals surface area contributed by atoms with E-state index in [4.69, 9.17) is 0 Å². The fourth-order valence-corrected chi connectivity index (χ4v) is 3.13. The molecule has 1 nitrogen and oxygen atoms in total. The van der Waals surface area contributed by atoms with E-state index in [2.05, 4.69) is 55.4 Å². The molecule has 21 heavy (non-hydrogen) atoms. The molecule has 0 radical (unpaired) electrons. The van der Waals surface area contributed by atoms with Gasteiger partial charge >= 0.3 is 0 Å². The molecule has 0 aliphatic rings. The van der Waals surface area contributed by atoms with Crippen molar-refractivity contribution in [2.24, 2.45) is 41.4 Å². The van der Waals surface area contributed by atoms with E-state index in [1.807, 2.05) is 0 Å². The van der Waals surface area contributed by atoms with Crippen LogP contribution < -0.4 is 0 Å². The lowest BCUT2D eigenvalue weighted by molar-refractivity contribution is 0.143. The van der Waals surface area contributed by atoms with Crippen molar-refractivity contribution in [3.8, 4) is 0 Å². The minimum atomic E-state index is 0.360. The summed E-state index contributed by atoms with van der Waals surface area (Å²) >= 11 is 0. The van der Waals surface area contributed by atoms with Crippen LogP contribution in [0.3, 0.4) is 0 Å². The van der Waals surface area contributed by atoms with Gasteiger partial charge in [0.25, 0.3) is 0 Å². The van der Waals surface area contributed by atoms with Crippen molar-refractivity contribution in [3.63, 3.8) is 0 Å². The number of aliphatic hydroxyl groups is 1.